The Morgan fingerprint density at radius 1 is 1.25 bits per heavy atom. The number of carbonyl (C=O) groups is 1. The molecule has 2 amide bonds. The molecule has 0 saturated carbocycles. The molecule has 2 aromatic carbocycles. The topological polar surface area (TPSA) is 70.6 Å². The lowest BCUT2D eigenvalue weighted by atomic mass is 10.0. The quantitative estimate of drug-likeness (QED) is 0.760. The van der Waals surface area contributed by atoms with Crippen LogP contribution in [0.15, 0.2) is 42.5 Å². The van der Waals surface area contributed by atoms with Crippen molar-refractivity contribution in [3.63, 3.8) is 0 Å². The average Bonchev–Trinajstić information content (AvgIpc) is 2.56. The van der Waals surface area contributed by atoms with Crippen molar-refractivity contribution in [3.05, 3.63) is 54.1 Å². The molecule has 128 valence electrons. The maximum Gasteiger partial charge on any atom is 0.319 e. The van der Waals surface area contributed by atoms with Crippen molar-refractivity contribution in [3.8, 4) is 11.1 Å². The van der Waals surface area contributed by atoms with E-state index in [1.165, 1.54) is 7.11 Å². The van der Waals surface area contributed by atoms with Crippen LogP contribution >= 0.6 is 0 Å². The third-order valence-electron chi connectivity index (χ3n) is 3.24. The van der Waals surface area contributed by atoms with Gasteiger partial charge in [0.05, 0.1) is 18.4 Å². The Bertz CT molecular complexity index is 696. The highest BCUT2D eigenvalue weighted by Crippen LogP contribution is 2.31. The molecule has 0 heterocycles. The van der Waals surface area contributed by atoms with E-state index in [1.807, 2.05) is 0 Å². The summed E-state index contributed by atoms with van der Waals surface area (Å²) in [5.41, 5.74) is 0.646. The predicted molar refractivity (Wildman–Crippen MR) is 86.7 cm³/mol. The summed E-state index contributed by atoms with van der Waals surface area (Å²) in [7, 11) is 1.42. The molecule has 2 rings (SSSR count). The summed E-state index contributed by atoms with van der Waals surface area (Å²) in [6, 6.07) is 9.71. The first-order valence-electron chi connectivity index (χ1n) is 7.27. The van der Waals surface area contributed by atoms with Crippen molar-refractivity contribution in [2.45, 2.75) is 6.10 Å². The summed E-state index contributed by atoms with van der Waals surface area (Å²) in [6.07, 6.45) is -0.882. The SMILES string of the molecule is COC[C@@H](O)CNC(=O)Nc1c(F)cc(F)cc1-c1ccccc1. The van der Waals surface area contributed by atoms with Crippen LogP contribution in [0.1, 0.15) is 0 Å². The highest BCUT2D eigenvalue weighted by atomic mass is 19.1. The molecule has 0 bridgehead atoms. The monoisotopic (exact) mass is 336 g/mol. The van der Waals surface area contributed by atoms with Gasteiger partial charge in [-0.3, -0.25) is 0 Å². The number of hydrogen-bond donors (Lipinski definition) is 3. The first-order chi connectivity index (χ1) is 11.5. The van der Waals surface area contributed by atoms with Gasteiger partial charge in [0.1, 0.15) is 11.6 Å². The number of rotatable bonds is 6. The number of ether oxygens (including phenoxy) is 1. The van der Waals surface area contributed by atoms with Crippen molar-refractivity contribution < 1.29 is 23.4 Å². The largest absolute Gasteiger partial charge is 0.389 e. The first-order valence-corrected chi connectivity index (χ1v) is 7.27. The number of hydrogen-bond acceptors (Lipinski definition) is 3. The van der Waals surface area contributed by atoms with Gasteiger partial charge >= 0.3 is 6.03 Å². The van der Waals surface area contributed by atoms with Gasteiger partial charge in [0.25, 0.3) is 0 Å². The lowest BCUT2D eigenvalue weighted by Crippen LogP contribution is -2.37. The Kier molecular flexibility index (Phi) is 6.22. The zero-order chi connectivity index (χ0) is 17.5. The van der Waals surface area contributed by atoms with Gasteiger partial charge < -0.3 is 20.5 Å². The minimum absolute atomic E-state index is 0.0560. The number of aliphatic hydroxyl groups excluding tert-OH is 1. The van der Waals surface area contributed by atoms with E-state index in [1.54, 1.807) is 30.3 Å². The number of amides is 2. The Labute approximate surface area is 138 Å². The number of carbonyl (C=O) groups excluding carboxylic acids is 1. The van der Waals surface area contributed by atoms with Crippen molar-refractivity contribution in [1.82, 2.24) is 5.32 Å². The molecular formula is C17H18F2N2O3. The van der Waals surface area contributed by atoms with Crippen LogP contribution in [0.3, 0.4) is 0 Å². The van der Waals surface area contributed by atoms with Crippen LogP contribution in [0.4, 0.5) is 19.3 Å². The molecule has 1 atom stereocenters. The number of benzene rings is 2. The maximum absolute atomic E-state index is 14.1. The molecule has 0 radical (unpaired) electrons. The number of urea groups is 1. The van der Waals surface area contributed by atoms with Crippen LogP contribution in [-0.2, 0) is 4.74 Å². The first kappa shape index (κ1) is 17.8. The van der Waals surface area contributed by atoms with E-state index in [-0.39, 0.29) is 24.4 Å². The minimum Gasteiger partial charge on any atom is -0.389 e. The fraction of sp³-hybridized carbons (Fsp3) is 0.235. The fourth-order valence-electron chi connectivity index (χ4n) is 2.17. The van der Waals surface area contributed by atoms with Crippen LogP contribution in [-0.4, -0.2) is 37.5 Å². The van der Waals surface area contributed by atoms with Gasteiger partial charge in [-0.05, 0) is 11.6 Å². The minimum atomic E-state index is -0.888. The third-order valence-corrected chi connectivity index (χ3v) is 3.24. The smallest absolute Gasteiger partial charge is 0.319 e. The van der Waals surface area contributed by atoms with Gasteiger partial charge in [-0.15, -0.1) is 0 Å². The van der Waals surface area contributed by atoms with Crippen LogP contribution in [0.2, 0.25) is 0 Å². The van der Waals surface area contributed by atoms with Crippen molar-refractivity contribution >= 4 is 11.7 Å². The van der Waals surface area contributed by atoms with E-state index >= 15 is 0 Å². The molecule has 7 heteroatoms. The van der Waals surface area contributed by atoms with Crippen LogP contribution in [0.5, 0.6) is 0 Å². The second-order valence-corrected chi connectivity index (χ2v) is 5.12. The Morgan fingerprint density at radius 3 is 2.62 bits per heavy atom. The number of methoxy groups -OCH3 is 1. The molecule has 0 fully saturated rings. The van der Waals surface area contributed by atoms with Crippen molar-refractivity contribution in [1.29, 1.82) is 0 Å². The van der Waals surface area contributed by atoms with Crippen molar-refractivity contribution in [2.75, 3.05) is 25.6 Å². The summed E-state index contributed by atoms with van der Waals surface area (Å²) >= 11 is 0. The van der Waals surface area contributed by atoms with Gasteiger partial charge in [0.2, 0.25) is 0 Å². The summed E-state index contributed by atoms with van der Waals surface area (Å²) in [5, 5.41) is 14.3. The molecule has 5 nitrogen and oxygen atoms in total. The third kappa shape index (κ3) is 4.74. The molecule has 0 aliphatic carbocycles. The highest BCUT2D eigenvalue weighted by molar-refractivity contribution is 5.94. The zero-order valence-electron chi connectivity index (χ0n) is 13.1. The molecule has 0 aliphatic rings. The second-order valence-electron chi connectivity index (χ2n) is 5.12. The summed E-state index contributed by atoms with van der Waals surface area (Å²) in [4.78, 5) is 11.9. The number of aliphatic hydroxyl groups is 1. The van der Waals surface area contributed by atoms with E-state index in [4.69, 9.17) is 4.74 Å². The standard InChI is InChI=1S/C17H18F2N2O3/c1-24-10-13(22)9-20-17(23)21-16-14(7-12(18)8-15(16)19)11-5-3-2-4-6-11/h2-8,13,22H,9-10H2,1H3,(H2,20,21,23)/t13-/m0/s1. The molecule has 0 aromatic heterocycles. The van der Waals surface area contributed by atoms with Gasteiger partial charge in [-0.1, -0.05) is 30.3 Å². The molecule has 0 saturated heterocycles. The summed E-state index contributed by atoms with van der Waals surface area (Å²) in [5.74, 6) is -1.63. The van der Waals surface area contributed by atoms with E-state index in [0.29, 0.717) is 11.6 Å². The molecular weight excluding hydrogens is 318 g/mol. The summed E-state index contributed by atoms with van der Waals surface area (Å²) in [6.45, 7) is -0.0103. The molecule has 24 heavy (non-hydrogen) atoms. The lowest BCUT2D eigenvalue weighted by molar-refractivity contribution is 0.0663. The number of nitrogens with one attached hydrogen (secondary N) is 2. The Hall–Kier alpha value is -2.51. The van der Waals surface area contributed by atoms with Gasteiger partial charge in [0, 0.05) is 25.3 Å². The van der Waals surface area contributed by atoms with E-state index in [9.17, 15) is 18.7 Å². The normalized spacial score (nSPS) is 11.8. The zero-order valence-corrected chi connectivity index (χ0v) is 13.1. The number of anilines is 1. The van der Waals surface area contributed by atoms with E-state index in [2.05, 4.69) is 10.6 Å². The molecule has 2 aromatic rings. The predicted octanol–water partition coefficient (Wildman–Crippen LogP) is 2.76. The molecule has 0 aliphatic heterocycles. The molecule has 0 unspecified atom stereocenters. The summed E-state index contributed by atoms with van der Waals surface area (Å²) < 4.78 is 32.4. The second kappa shape index (κ2) is 8.37. The van der Waals surface area contributed by atoms with Crippen molar-refractivity contribution in [2.24, 2.45) is 0 Å². The highest BCUT2D eigenvalue weighted by Gasteiger charge is 2.16. The average molecular weight is 336 g/mol. The Balaban J connectivity index is 2.19. The van der Waals surface area contributed by atoms with Gasteiger partial charge in [-0.2, -0.15) is 0 Å². The Morgan fingerprint density at radius 2 is 1.96 bits per heavy atom. The lowest BCUT2D eigenvalue weighted by Gasteiger charge is -2.15. The molecule has 0 spiro atoms. The maximum atomic E-state index is 14.1. The van der Waals surface area contributed by atoms with Crippen LogP contribution < -0.4 is 10.6 Å². The van der Waals surface area contributed by atoms with E-state index in [0.717, 1.165) is 6.07 Å². The fourth-order valence-corrected chi connectivity index (χ4v) is 2.17. The van der Waals surface area contributed by atoms with Gasteiger partial charge in [-0.25, -0.2) is 13.6 Å². The van der Waals surface area contributed by atoms with E-state index < -0.39 is 23.8 Å². The number of halogens is 2. The van der Waals surface area contributed by atoms with Crippen LogP contribution in [0.25, 0.3) is 11.1 Å². The van der Waals surface area contributed by atoms with Crippen LogP contribution in [0, 0.1) is 11.6 Å². The van der Waals surface area contributed by atoms with Gasteiger partial charge in [0.15, 0.2) is 0 Å². The molecule has 3 N–H and O–H groups in total.